The van der Waals surface area contributed by atoms with Crippen molar-refractivity contribution in [2.24, 2.45) is 0 Å². The van der Waals surface area contributed by atoms with Gasteiger partial charge in [-0.25, -0.2) is 13.2 Å². The molecule has 0 aromatic heterocycles. The number of sulfonamides is 1. The maximum absolute atomic E-state index is 13.2. The number of β-lactam (4-membered cyclic amide) rings is 1. The molecule has 0 aliphatic carbocycles. The minimum absolute atomic E-state index is 0.207. The van der Waals surface area contributed by atoms with Gasteiger partial charge >= 0.3 is 12.3 Å². The van der Waals surface area contributed by atoms with Crippen LogP contribution in [0, 0.1) is 10.1 Å². The summed E-state index contributed by atoms with van der Waals surface area (Å²) < 4.78 is 66.8. The SMILES string of the molecule is CS(=O)(=O)N(C1C(=O)N2C(C(=O)OCc3ccc([N+](=O)[O-])cc3)C(=O)CC12)C(F)(F)F. The van der Waals surface area contributed by atoms with Crippen LogP contribution in [0.1, 0.15) is 12.0 Å². The van der Waals surface area contributed by atoms with Crippen LogP contribution in [-0.4, -0.2) is 70.9 Å². The predicted molar refractivity (Wildman–Crippen MR) is 93.5 cm³/mol. The Kier molecular flexibility index (Phi) is 5.52. The van der Waals surface area contributed by atoms with Crippen molar-refractivity contribution in [3.63, 3.8) is 0 Å². The predicted octanol–water partition coefficient (Wildman–Crippen LogP) is 0.340. The second-order valence-electron chi connectivity index (χ2n) is 6.89. The first kappa shape index (κ1) is 22.6. The van der Waals surface area contributed by atoms with Gasteiger partial charge in [0.15, 0.2) is 11.8 Å². The van der Waals surface area contributed by atoms with E-state index in [-0.39, 0.29) is 11.9 Å². The van der Waals surface area contributed by atoms with Crippen LogP contribution in [-0.2, 0) is 35.8 Å². The number of rotatable bonds is 6. The number of ketones is 1. The largest absolute Gasteiger partial charge is 0.474 e. The van der Waals surface area contributed by atoms with E-state index in [1.807, 2.05) is 0 Å². The highest BCUT2D eigenvalue weighted by molar-refractivity contribution is 7.88. The second-order valence-corrected chi connectivity index (χ2v) is 8.75. The lowest BCUT2D eigenvalue weighted by Gasteiger charge is -2.47. The van der Waals surface area contributed by atoms with Crippen molar-refractivity contribution in [2.45, 2.75) is 37.5 Å². The highest BCUT2D eigenvalue weighted by Gasteiger charge is 2.67. The molecule has 15 heteroatoms. The summed E-state index contributed by atoms with van der Waals surface area (Å²) in [7, 11) is -4.88. The molecule has 2 saturated heterocycles. The average Bonchev–Trinajstić information content (AvgIpc) is 2.95. The number of carbonyl (C=O) groups is 3. The molecular weight excluding hydrogens is 451 g/mol. The number of hydrogen-bond donors (Lipinski definition) is 0. The Labute approximate surface area is 172 Å². The van der Waals surface area contributed by atoms with Crippen LogP contribution in [0.5, 0.6) is 0 Å². The fraction of sp³-hybridized carbons (Fsp3) is 0.438. The van der Waals surface area contributed by atoms with Crippen molar-refractivity contribution >= 4 is 33.4 Å². The van der Waals surface area contributed by atoms with E-state index in [4.69, 9.17) is 4.74 Å². The Morgan fingerprint density at radius 2 is 1.87 bits per heavy atom. The van der Waals surface area contributed by atoms with Gasteiger partial charge in [-0.2, -0.15) is 13.2 Å². The highest BCUT2D eigenvalue weighted by Crippen LogP contribution is 2.41. The topological polar surface area (TPSA) is 144 Å². The first-order chi connectivity index (χ1) is 14.2. The van der Waals surface area contributed by atoms with Gasteiger partial charge in [0.25, 0.3) is 5.69 Å². The van der Waals surface area contributed by atoms with Crippen molar-refractivity contribution in [3.05, 3.63) is 39.9 Å². The number of alkyl halides is 3. The summed E-state index contributed by atoms with van der Waals surface area (Å²) in [4.78, 5) is 47.4. The van der Waals surface area contributed by atoms with Crippen LogP contribution in [0.3, 0.4) is 0 Å². The Bertz CT molecular complexity index is 1060. The number of halogens is 3. The number of nitro groups is 1. The van der Waals surface area contributed by atoms with Crippen molar-refractivity contribution in [1.29, 1.82) is 0 Å². The van der Waals surface area contributed by atoms with Crippen LogP contribution < -0.4 is 0 Å². The maximum Gasteiger partial charge on any atom is 0.474 e. The van der Waals surface area contributed by atoms with Crippen LogP contribution in [0.4, 0.5) is 18.9 Å². The van der Waals surface area contributed by atoms with Crippen molar-refractivity contribution < 1.29 is 45.6 Å². The minimum atomic E-state index is -5.39. The lowest BCUT2D eigenvalue weighted by Crippen LogP contribution is -2.73. The van der Waals surface area contributed by atoms with E-state index in [1.165, 1.54) is 12.1 Å². The zero-order valence-corrected chi connectivity index (χ0v) is 16.4. The fourth-order valence-corrected chi connectivity index (χ4v) is 4.57. The molecule has 3 unspecified atom stereocenters. The molecule has 0 radical (unpaired) electrons. The number of ether oxygens (including phenoxy) is 1. The Hall–Kier alpha value is -3.07. The summed E-state index contributed by atoms with van der Waals surface area (Å²) in [6, 6.07) is -0.520. The number of nitro benzene ring substituents is 1. The highest BCUT2D eigenvalue weighted by atomic mass is 32.2. The van der Waals surface area contributed by atoms with E-state index in [1.54, 1.807) is 0 Å². The van der Waals surface area contributed by atoms with Gasteiger partial charge in [-0.3, -0.25) is 19.7 Å². The molecular formula is C16H14F3N3O8S. The van der Waals surface area contributed by atoms with Gasteiger partial charge in [-0.05, 0) is 17.7 Å². The number of nitrogens with zero attached hydrogens (tertiary/aromatic N) is 3. The number of esters is 1. The zero-order valence-electron chi connectivity index (χ0n) is 15.6. The number of benzene rings is 1. The maximum atomic E-state index is 13.2. The first-order valence-electron chi connectivity index (χ1n) is 8.54. The molecule has 2 fully saturated rings. The van der Waals surface area contributed by atoms with E-state index in [2.05, 4.69) is 0 Å². The van der Waals surface area contributed by atoms with Gasteiger partial charge in [0.2, 0.25) is 15.9 Å². The van der Waals surface area contributed by atoms with Crippen molar-refractivity contribution in [2.75, 3.05) is 6.26 Å². The standard InChI is InChI=1S/C16H14F3N3O8S/c1-31(28,29)21(16(17,18)19)12-10-6-11(23)13(20(10)14(12)24)15(25)30-7-8-2-4-9(5-3-8)22(26)27/h2-5,10,12-13H,6-7H2,1H3. The number of hydrogen-bond acceptors (Lipinski definition) is 8. The smallest absolute Gasteiger partial charge is 0.459 e. The third kappa shape index (κ3) is 4.10. The molecule has 3 rings (SSSR count). The van der Waals surface area contributed by atoms with Crippen LogP contribution in [0.15, 0.2) is 24.3 Å². The second kappa shape index (κ2) is 7.56. The summed E-state index contributed by atoms with van der Waals surface area (Å²) in [6.45, 7) is -0.408. The number of non-ortho nitro benzene ring substituents is 1. The monoisotopic (exact) mass is 465 g/mol. The summed E-state index contributed by atoms with van der Waals surface area (Å²) in [5.74, 6) is -3.42. The zero-order chi connectivity index (χ0) is 23.3. The van der Waals surface area contributed by atoms with Gasteiger partial charge in [0.1, 0.15) is 12.6 Å². The van der Waals surface area contributed by atoms with E-state index < -0.39 is 74.4 Å². The molecule has 0 bridgehead atoms. The molecule has 3 atom stereocenters. The number of amides is 1. The van der Waals surface area contributed by atoms with Gasteiger partial charge in [0, 0.05) is 18.6 Å². The molecule has 0 saturated carbocycles. The summed E-state index contributed by atoms with van der Waals surface area (Å²) in [5, 5.41) is 10.6. The third-order valence-electron chi connectivity index (χ3n) is 4.83. The van der Waals surface area contributed by atoms with Crippen molar-refractivity contribution in [1.82, 2.24) is 9.21 Å². The molecule has 1 aromatic carbocycles. The van der Waals surface area contributed by atoms with Gasteiger partial charge < -0.3 is 9.64 Å². The lowest BCUT2D eigenvalue weighted by molar-refractivity contribution is -0.384. The molecule has 0 N–H and O–H groups in total. The molecule has 2 aliphatic heterocycles. The molecule has 11 nitrogen and oxygen atoms in total. The van der Waals surface area contributed by atoms with Crippen LogP contribution in [0.25, 0.3) is 0 Å². The first-order valence-corrected chi connectivity index (χ1v) is 10.4. The van der Waals surface area contributed by atoms with E-state index in [0.29, 0.717) is 10.5 Å². The van der Waals surface area contributed by atoms with Gasteiger partial charge in [-0.1, -0.05) is 4.31 Å². The van der Waals surface area contributed by atoms with E-state index in [9.17, 15) is 46.1 Å². The molecule has 2 aliphatic rings. The van der Waals surface area contributed by atoms with Gasteiger partial charge in [0.05, 0.1) is 17.2 Å². The van der Waals surface area contributed by atoms with Crippen molar-refractivity contribution in [3.8, 4) is 0 Å². The molecule has 1 amide bonds. The van der Waals surface area contributed by atoms with Crippen LogP contribution >= 0.6 is 0 Å². The summed E-state index contributed by atoms with van der Waals surface area (Å²) >= 11 is 0. The number of Topliss-reactive ketones (excluding diaryl/α,β-unsaturated/α-hetero) is 1. The fourth-order valence-electron chi connectivity index (χ4n) is 3.55. The Morgan fingerprint density at radius 1 is 1.29 bits per heavy atom. The number of fused-ring (bicyclic) bond motifs is 1. The lowest BCUT2D eigenvalue weighted by atomic mass is 9.96. The summed E-state index contributed by atoms with van der Waals surface area (Å²) in [6.07, 6.45) is -5.75. The Balaban J connectivity index is 1.72. The summed E-state index contributed by atoms with van der Waals surface area (Å²) in [5.41, 5.74) is 0.121. The molecule has 168 valence electrons. The average molecular weight is 465 g/mol. The van der Waals surface area contributed by atoms with E-state index in [0.717, 1.165) is 12.1 Å². The van der Waals surface area contributed by atoms with Gasteiger partial charge in [-0.15, -0.1) is 0 Å². The molecule has 1 aromatic rings. The normalized spacial score (nSPS) is 23.5. The quantitative estimate of drug-likeness (QED) is 0.146. The minimum Gasteiger partial charge on any atom is -0.459 e. The molecule has 0 spiro atoms. The Morgan fingerprint density at radius 3 is 2.35 bits per heavy atom. The molecule has 2 heterocycles. The molecule has 31 heavy (non-hydrogen) atoms. The van der Waals surface area contributed by atoms with E-state index >= 15 is 0 Å². The number of carbonyl (C=O) groups excluding carboxylic acids is 3. The third-order valence-corrected chi connectivity index (χ3v) is 5.98. The van der Waals surface area contributed by atoms with Crippen LogP contribution in [0.2, 0.25) is 0 Å².